The molecule has 1 saturated carbocycles. The smallest absolute Gasteiger partial charge is 0.266 e. The molecule has 5 aliphatic rings. The maximum Gasteiger partial charge on any atom is 0.266 e. The first-order chi connectivity index (χ1) is 20.9. The molecule has 10 nitrogen and oxygen atoms in total. The number of fused-ring (bicyclic) bond motifs is 5. The minimum absolute atomic E-state index is 0.121. The van der Waals surface area contributed by atoms with E-state index in [1.54, 1.807) is 48.5 Å². The van der Waals surface area contributed by atoms with Crippen molar-refractivity contribution in [3.63, 3.8) is 0 Å². The molecular formula is C33H29N3O7. The van der Waals surface area contributed by atoms with Crippen molar-refractivity contribution < 1.29 is 33.6 Å². The maximum absolute atomic E-state index is 14.0. The van der Waals surface area contributed by atoms with Crippen LogP contribution in [0.1, 0.15) is 24.3 Å². The normalized spacial score (nSPS) is 35.1. The van der Waals surface area contributed by atoms with Gasteiger partial charge in [-0.3, -0.25) is 28.9 Å². The van der Waals surface area contributed by atoms with Crippen LogP contribution in [-0.2, 0) is 33.6 Å². The van der Waals surface area contributed by atoms with Crippen LogP contribution < -0.4 is 9.80 Å². The quantitative estimate of drug-likeness (QED) is 0.433. The number of hydrogen-bond donors (Lipinski definition) is 0. The molecule has 218 valence electrons. The number of hydrogen-bond acceptors (Lipinski definition) is 8. The summed E-state index contributed by atoms with van der Waals surface area (Å²) in [6.07, 6.45) is -0.650. The summed E-state index contributed by atoms with van der Waals surface area (Å²) in [4.78, 5) is 70.4. The number of methoxy groups -OCH3 is 1. The van der Waals surface area contributed by atoms with Gasteiger partial charge < -0.3 is 4.74 Å². The third-order valence-electron chi connectivity index (χ3n) is 9.87. The Hall–Kier alpha value is -4.22. The molecule has 8 atom stereocenters. The molecule has 0 spiro atoms. The summed E-state index contributed by atoms with van der Waals surface area (Å²) in [7, 11) is 1.52. The largest absolute Gasteiger partial charge is 0.351 e. The van der Waals surface area contributed by atoms with Gasteiger partial charge in [0.05, 0.1) is 35.2 Å². The summed E-state index contributed by atoms with van der Waals surface area (Å²) in [5.74, 6) is -5.60. The summed E-state index contributed by atoms with van der Waals surface area (Å²) in [6, 6.07) is 26.8. The summed E-state index contributed by atoms with van der Waals surface area (Å²) in [5.41, 5.74) is 1.92. The maximum atomic E-state index is 14.0. The molecule has 0 aromatic heterocycles. The Morgan fingerprint density at radius 2 is 1.26 bits per heavy atom. The van der Waals surface area contributed by atoms with Gasteiger partial charge in [-0.2, -0.15) is 0 Å². The van der Waals surface area contributed by atoms with Gasteiger partial charge in [-0.25, -0.2) is 9.74 Å². The molecule has 4 amide bonds. The van der Waals surface area contributed by atoms with Gasteiger partial charge >= 0.3 is 0 Å². The number of hydroxylamine groups is 2. The van der Waals surface area contributed by atoms with Crippen LogP contribution in [-0.4, -0.2) is 53.9 Å². The lowest BCUT2D eigenvalue weighted by Crippen LogP contribution is -2.63. The van der Waals surface area contributed by atoms with Crippen LogP contribution in [0, 0.1) is 23.7 Å². The fourth-order valence-corrected chi connectivity index (χ4v) is 8.00. The van der Waals surface area contributed by atoms with Crippen molar-refractivity contribution in [1.29, 1.82) is 0 Å². The van der Waals surface area contributed by atoms with Gasteiger partial charge in [0.1, 0.15) is 0 Å². The second kappa shape index (κ2) is 9.65. The van der Waals surface area contributed by atoms with E-state index >= 15 is 0 Å². The van der Waals surface area contributed by atoms with E-state index in [1.807, 2.05) is 42.5 Å². The number of benzene rings is 3. The first kappa shape index (κ1) is 26.4. The van der Waals surface area contributed by atoms with Gasteiger partial charge in [-0.15, -0.1) is 0 Å². The van der Waals surface area contributed by atoms with Crippen LogP contribution in [0.5, 0.6) is 0 Å². The van der Waals surface area contributed by atoms with E-state index in [1.165, 1.54) is 22.1 Å². The Morgan fingerprint density at radius 3 is 1.86 bits per heavy atom. The van der Waals surface area contributed by atoms with E-state index in [-0.39, 0.29) is 24.1 Å². The lowest BCUT2D eigenvalue weighted by Gasteiger charge is -2.55. The predicted molar refractivity (Wildman–Crippen MR) is 152 cm³/mol. The first-order valence-corrected chi connectivity index (χ1v) is 14.5. The highest BCUT2D eigenvalue weighted by atomic mass is 17.0. The molecule has 1 aliphatic carbocycles. The number of para-hydroxylation sites is 2. The fourth-order valence-electron chi connectivity index (χ4n) is 8.00. The molecule has 0 bridgehead atoms. The topological polar surface area (TPSA) is 106 Å². The average Bonchev–Trinajstić information content (AvgIpc) is 3.62. The molecule has 4 aliphatic heterocycles. The number of amides is 4. The van der Waals surface area contributed by atoms with Crippen LogP contribution in [0.2, 0.25) is 0 Å². The van der Waals surface area contributed by atoms with Crippen molar-refractivity contribution in [1.82, 2.24) is 5.23 Å². The molecule has 3 aromatic rings. The molecule has 3 aromatic carbocycles. The molecule has 0 radical (unpaired) electrons. The van der Waals surface area contributed by atoms with E-state index in [0.717, 1.165) is 5.56 Å². The summed E-state index contributed by atoms with van der Waals surface area (Å²) < 4.78 is 6.14. The van der Waals surface area contributed by atoms with E-state index < -0.39 is 53.4 Å². The fraction of sp³-hybridized carbons (Fsp3) is 0.333. The van der Waals surface area contributed by atoms with Crippen LogP contribution in [0.3, 0.4) is 0 Å². The molecule has 4 heterocycles. The minimum Gasteiger partial charge on any atom is -0.351 e. The van der Waals surface area contributed by atoms with Crippen molar-refractivity contribution in [2.45, 2.75) is 36.7 Å². The van der Waals surface area contributed by atoms with Crippen molar-refractivity contribution >= 4 is 35.0 Å². The average molecular weight is 580 g/mol. The molecule has 8 rings (SSSR count). The Kier molecular flexibility index (Phi) is 5.93. The number of rotatable bonds is 4. The highest BCUT2D eigenvalue weighted by Crippen LogP contribution is 2.60. The van der Waals surface area contributed by atoms with Crippen molar-refractivity contribution in [2.24, 2.45) is 23.7 Å². The molecule has 43 heavy (non-hydrogen) atoms. The van der Waals surface area contributed by atoms with Gasteiger partial charge in [0.15, 0.2) is 11.9 Å². The molecule has 4 saturated heterocycles. The van der Waals surface area contributed by atoms with Crippen LogP contribution in [0.4, 0.5) is 11.4 Å². The molecule has 0 N–H and O–H groups in total. The summed E-state index contributed by atoms with van der Waals surface area (Å²) in [5, 5.41) is 1.28. The van der Waals surface area contributed by atoms with Crippen molar-refractivity contribution in [2.75, 3.05) is 16.9 Å². The monoisotopic (exact) mass is 579 g/mol. The Balaban J connectivity index is 1.21. The van der Waals surface area contributed by atoms with E-state index in [0.29, 0.717) is 17.8 Å². The van der Waals surface area contributed by atoms with E-state index in [2.05, 4.69) is 0 Å². The third kappa shape index (κ3) is 3.67. The minimum atomic E-state index is -1.33. The zero-order valence-corrected chi connectivity index (χ0v) is 23.3. The highest BCUT2D eigenvalue weighted by Gasteiger charge is 2.71. The summed E-state index contributed by atoms with van der Waals surface area (Å²) >= 11 is 0. The van der Waals surface area contributed by atoms with Crippen molar-refractivity contribution in [3.05, 3.63) is 96.6 Å². The SMILES string of the molecule is CO[C@@]12C[C@H]3C(=O)N(c4ccccc4)C(=O)[C@H]3C[C@@H]1[C@@H](c1ccccc1)[C@@H]1[C@@H]3C(=O)N(c4ccccc4)C(=O)[C@@H]3ON1O2. The van der Waals surface area contributed by atoms with Gasteiger partial charge in [0.25, 0.3) is 5.91 Å². The number of nitrogens with zero attached hydrogens (tertiary/aromatic N) is 3. The first-order valence-electron chi connectivity index (χ1n) is 14.5. The number of ether oxygens (including phenoxy) is 1. The van der Waals surface area contributed by atoms with Gasteiger partial charge in [0, 0.05) is 25.4 Å². The number of imide groups is 2. The van der Waals surface area contributed by atoms with Crippen LogP contribution >= 0.6 is 0 Å². The molecule has 5 fully saturated rings. The standard InChI is InChI=1S/C33H29N3O7/c1-41-33-18-23-22(29(37)34(30(23)38)20-13-7-3-8-14-20)17-24(33)25(19-11-5-2-6-12-19)27-26-28(42-36(27)43-33)32(40)35(31(26)39)21-15-9-4-10-16-21/h2-16,22-28H,17-18H2,1H3/t22-,23+,24+,25+,26-,27+,28+,33+/m0/s1. The Bertz CT molecular complexity index is 1620. The second-order valence-electron chi connectivity index (χ2n) is 11.8. The van der Waals surface area contributed by atoms with Gasteiger partial charge in [0.2, 0.25) is 17.7 Å². The zero-order valence-electron chi connectivity index (χ0n) is 23.3. The number of carbonyl (C=O) groups excluding carboxylic acids is 4. The lowest BCUT2D eigenvalue weighted by atomic mass is 9.62. The second-order valence-corrected chi connectivity index (χ2v) is 11.8. The van der Waals surface area contributed by atoms with Crippen molar-refractivity contribution in [3.8, 4) is 0 Å². The number of anilines is 2. The van der Waals surface area contributed by atoms with E-state index in [9.17, 15) is 19.2 Å². The third-order valence-corrected chi connectivity index (χ3v) is 9.87. The Morgan fingerprint density at radius 1 is 0.698 bits per heavy atom. The van der Waals surface area contributed by atoms with Crippen LogP contribution in [0.15, 0.2) is 91.0 Å². The Labute approximate surface area is 247 Å². The van der Waals surface area contributed by atoms with Crippen LogP contribution in [0.25, 0.3) is 0 Å². The number of carbonyl (C=O) groups is 4. The highest BCUT2D eigenvalue weighted by molar-refractivity contribution is 6.24. The van der Waals surface area contributed by atoms with Gasteiger partial charge in [-0.05, 0) is 36.2 Å². The molecule has 10 heteroatoms. The predicted octanol–water partition coefficient (Wildman–Crippen LogP) is 3.45. The zero-order chi connectivity index (χ0) is 29.5. The lowest BCUT2D eigenvalue weighted by molar-refractivity contribution is -0.491. The van der Waals surface area contributed by atoms with E-state index in [4.69, 9.17) is 14.4 Å². The molecular weight excluding hydrogens is 550 g/mol. The van der Waals surface area contributed by atoms with Gasteiger partial charge in [-0.1, -0.05) is 72.0 Å². The molecule has 0 unspecified atom stereocenters. The summed E-state index contributed by atoms with van der Waals surface area (Å²) in [6.45, 7) is 0.